The van der Waals surface area contributed by atoms with E-state index >= 15 is 0 Å². The average Bonchev–Trinajstić information content (AvgIpc) is 3.10. The van der Waals surface area contributed by atoms with Crippen LogP contribution >= 0.6 is 0 Å². The van der Waals surface area contributed by atoms with E-state index in [1.807, 2.05) is 6.07 Å². The molecule has 1 aromatic carbocycles. The molecule has 2 aromatic rings. The Hall–Kier alpha value is -2.45. The minimum Gasteiger partial charge on any atom is -0.493 e. The molecule has 1 aromatic heterocycles. The fraction of sp³-hybridized carbons (Fsp3) is 0.542. The van der Waals surface area contributed by atoms with Crippen molar-refractivity contribution in [2.45, 2.75) is 51.0 Å². The summed E-state index contributed by atoms with van der Waals surface area (Å²) in [6, 6.07) is 4.55. The van der Waals surface area contributed by atoms with Gasteiger partial charge in [-0.15, -0.1) is 12.3 Å². The highest BCUT2D eigenvalue weighted by atomic mass is 16.5. The Bertz CT molecular complexity index is 919. The van der Waals surface area contributed by atoms with Gasteiger partial charge in [-0.2, -0.15) is 0 Å². The Balaban J connectivity index is 1.65. The topological polar surface area (TPSA) is 46.6 Å². The zero-order chi connectivity index (χ0) is 20.2. The molecule has 2 heterocycles. The Morgan fingerprint density at radius 3 is 2.76 bits per heavy atom. The zero-order valence-electron chi connectivity index (χ0n) is 17.6. The van der Waals surface area contributed by atoms with Crippen LogP contribution in [0.1, 0.15) is 43.4 Å². The van der Waals surface area contributed by atoms with Crippen LogP contribution in [0, 0.1) is 12.3 Å². The van der Waals surface area contributed by atoms with Gasteiger partial charge in [-0.3, -0.25) is 4.98 Å². The van der Waals surface area contributed by atoms with Crippen LogP contribution in [0.3, 0.4) is 0 Å². The summed E-state index contributed by atoms with van der Waals surface area (Å²) in [5.41, 5.74) is 4.86. The number of rotatable bonds is 6. The first kappa shape index (κ1) is 19.8. The minimum atomic E-state index is 0.467. The van der Waals surface area contributed by atoms with E-state index in [-0.39, 0.29) is 0 Å². The molecular formula is C24H31N3O2. The molecule has 5 heteroatoms. The van der Waals surface area contributed by atoms with Gasteiger partial charge in [0.15, 0.2) is 11.5 Å². The van der Waals surface area contributed by atoms with Crippen LogP contribution in [-0.4, -0.2) is 49.8 Å². The Kier molecular flexibility index (Phi) is 6.10. The molecule has 0 unspecified atom stereocenters. The standard InChI is InChI=1S/C24H31N3O2/c1-4-5-12-27-13-7-8-17(11-14-27)25-24-18-9-6-10-20(18)26-21-16-23(29-3)22(28-2)15-19(21)24/h1,15-17H,5-14H2,2-3H3,(H,25,26)/t17-/m1/s1. The van der Waals surface area contributed by atoms with Crippen LogP contribution in [0.4, 0.5) is 5.69 Å². The van der Waals surface area contributed by atoms with Gasteiger partial charge in [0.25, 0.3) is 0 Å². The molecule has 0 amide bonds. The lowest BCUT2D eigenvalue weighted by atomic mass is 10.0. The number of likely N-dealkylation sites (tertiary alicyclic amines) is 1. The number of aromatic nitrogens is 1. The quantitative estimate of drug-likeness (QED) is 0.751. The normalized spacial score (nSPS) is 19.4. The predicted molar refractivity (Wildman–Crippen MR) is 118 cm³/mol. The van der Waals surface area contributed by atoms with Gasteiger partial charge < -0.3 is 19.7 Å². The van der Waals surface area contributed by atoms with Crippen LogP contribution in [0.2, 0.25) is 0 Å². The Labute approximate surface area is 173 Å². The molecule has 1 fully saturated rings. The molecule has 0 spiro atoms. The minimum absolute atomic E-state index is 0.467. The van der Waals surface area contributed by atoms with E-state index in [1.54, 1.807) is 14.2 Å². The summed E-state index contributed by atoms with van der Waals surface area (Å²) in [6.07, 6.45) is 13.1. The number of hydrogen-bond acceptors (Lipinski definition) is 5. The van der Waals surface area contributed by atoms with Crippen molar-refractivity contribution < 1.29 is 9.47 Å². The third kappa shape index (κ3) is 4.13. The largest absolute Gasteiger partial charge is 0.493 e. The Morgan fingerprint density at radius 1 is 1.14 bits per heavy atom. The first-order valence-electron chi connectivity index (χ1n) is 10.7. The first-order valence-corrected chi connectivity index (χ1v) is 10.7. The maximum absolute atomic E-state index is 5.58. The highest BCUT2D eigenvalue weighted by molar-refractivity contribution is 5.96. The van der Waals surface area contributed by atoms with Crippen LogP contribution in [0.15, 0.2) is 12.1 Å². The molecule has 4 rings (SSSR count). The molecule has 0 bridgehead atoms. The fourth-order valence-electron chi connectivity index (χ4n) is 4.70. The predicted octanol–water partition coefficient (Wildman–Crippen LogP) is 4.03. The summed E-state index contributed by atoms with van der Waals surface area (Å²) < 4.78 is 11.1. The number of hydrogen-bond donors (Lipinski definition) is 1. The molecule has 29 heavy (non-hydrogen) atoms. The zero-order valence-corrected chi connectivity index (χ0v) is 17.6. The fourth-order valence-corrected chi connectivity index (χ4v) is 4.70. The monoisotopic (exact) mass is 393 g/mol. The summed E-state index contributed by atoms with van der Waals surface area (Å²) >= 11 is 0. The van der Waals surface area contributed by atoms with E-state index in [9.17, 15) is 0 Å². The van der Waals surface area contributed by atoms with Crippen molar-refractivity contribution in [2.24, 2.45) is 0 Å². The van der Waals surface area contributed by atoms with Crippen LogP contribution in [0.25, 0.3) is 10.9 Å². The SMILES string of the molecule is C#CCCN1CCC[C@@H](Nc2c3c(nc4cc(OC)c(OC)cc24)CCC3)CC1. The van der Waals surface area contributed by atoms with E-state index in [4.69, 9.17) is 20.9 Å². The smallest absolute Gasteiger partial charge is 0.162 e. The lowest BCUT2D eigenvalue weighted by Gasteiger charge is -2.23. The number of nitrogens with zero attached hydrogens (tertiary/aromatic N) is 2. The van der Waals surface area contributed by atoms with Gasteiger partial charge in [-0.05, 0) is 56.7 Å². The first-order chi connectivity index (χ1) is 14.2. The second kappa shape index (κ2) is 8.92. The number of nitrogens with one attached hydrogen (secondary N) is 1. The molecule has 0 saturated carbocycles. The molecule has 1 aliphatic heterocycles. The van der Waals surface area contributed by atoms with E-state index in [0.717, 1.165) is 67.7 Å². The van der Waals surface area contributed by atoms with Gasteiger partial charge >= 0.3 is 0 Å². The number of anilines is 1. The number of ether oxygens (including phenoxy) is 2. The second-order valence-corrected chi connectivity index (χ2v) is 8.06. The van der Waals surface area contributed by atoms with E-state index < -0.39 is 0 Å². The Morgan fingerprint density at radius 2 is 1.97 bits per heavy atom. The van der Waals surface area contributed by atoms with E-state index in [1.165, 1.54) is 36.2 Å². The lowest BCUT2D eigenvalue weighted by molar-refractivity contribution is 0.291. The number of terminal acetylenes is 1. The van der Waals surface area contributed by atoms with Crippen molar-refractivity contribution in [1.82, 2.24) is 9.88 Å². The van der Waals surface area contributed by atoms with Gasteiger partial charge in [0.1, 0.15) is 0 Å². The summed E-state index contributed by atoms with van der Waals surface area (Å²) in [4.78, 5) is 7.46. The molecule has 1 atom stereocenters. The third-order valence-corrected chi connectivity index (χ3v) is 6.26. The van der Waals surface area contributed by atoms with E-state index in [2.05, 4.69) is 22.2 Å². The average molecular weight is 394 g/mol. The second-order valence-electron chi connectivity index (χ2n) is 8.06. The van der Waals surface area contributed by atoms with Crippen molar-refractivity contribution >= 4 is 16.6 Å². The van der Waals surface area contributed by atoms with Crippen molar-refractivity contribution in [2.75, 3.05) is 39.2 Å². The molecular weight excluding hydrogens is 362 g/mol. The summed E-state index contributed by atoms with van der Waals surface area (Å²) in [6.45, 7) is 3.25. The molecule has 1 saturated heterocycles. The summed E-state index contributed by atoms with van der Waals surface area (Å²) in [5.74, 6) is 4.25. The van der Waals surface area contributed by atoms with Crippen molar-refractivity contribution in [3.05, 3.63) is 23.4 Å². The van der Waals surface area contributed by atoms with Crippen molar-refractivity contribution in [1.29, 1.82) is 0 Å². The number of aryl methyl sites for hydroxylation is 1. The van der Waals surface area contributed by atoms with Crippen LogP contribution < -0.4 is 14.8 Å². The number of fused-ring (bicyclic) bond motifs is 2. The maximum atomic E-state index is 5.58. The summed E-state index contributed by atoms with van der Waals surface area (Å²) in [7, 11) is 3.36. The van der Waals surface area contributed by atoms with Gasteiger partial charge in [-0.25, -0.2) is 0 Å². The molecule has 154 valence electrons. The molecule has 2 aliphatic rings. The number of methoxy groups -OCH3 is 2. The highest BCUT2D eigenvalue weighted by Gasteiger charge is 2.24. The lowest BCUT2D eigenvalue weighted by Crippen LogP contribution is -2.27. The van der Waals surface area contributed by atoms with Crippen LogP contribution in [0.5, 0.6) is 11.5 Å². The molecule has 1 N–H and O–H groups in total. The summed E-state index contributed by atoms with van der Waals surface area (Å²) in [5, 5.41) is 5.06. The van der Waals surface area contributed by atoms with Crippen molar-refractivity contribution in [3.63, 3.8) is 0 Å². The highest BCUT2D eigenvalue weighted by Crippen LogP contribution is 2.40. The third-order valence-electron chi connectivity index (χ3n) is 6.26. The molecule has 5 nitrogen and oxygen atoms in total. The maximum Gasteiger partial charge on any atom is 0.162 e. The molecule has 0 radical (unpaired) electrons. The van der Waals surface area contributed by atoms with Crippen LogP contribution in [-0.2, 0) is 12.8 Å². The van der Waals surface area contributed by atoms with Gasteiger partial charge in [0.2, 0.25) is 0 Å². The number of benzene rings is 1. The van der Waals surface area contributed by atoms with Gasteiger partial charge in [0.05, 0.1) is 19.7 Å². The van der Waals surface area contributed by atoms with Gasteiger partial charge in [-0.1, -0.05) is 0 Å². The van der Waals surface area contributed by atoms with Gasteiger partial charge in [0, 0.05) is 48.4 Å². The molecule has 1 aliphatic carbocycles. The number of pyridine rings is 1. The van der Waals surface area contributed by atoms with E-state index in [0.29, 0.717) is 6.04 Å². The van der Waals surface area contributed by atoms with Crippen molar-refractivity contribution in [3.8, 4) is 23.8 Å².